The fourth-order valence-electron chi connectivity index (χ4n) is 2.70. The zero-order chi connectivity index (χ0) is 22.0. The summed E-state index contributed by atoms with van der Waals surface area (Å²) in [6.45, 7) is 5.84. The van der Waals surface area contributed by atoms with Gasteiger partial charge in [-0.3, -0.25) is 4.79 Å². The van der Waals surface area contributed by atoms with Crippen LogP contribution in [0.5, 0.6) is 0 Å². The number of aromatic nitrogens is 3. The van der Waals surface area contributed by atoms with E-state index >= 15 is 0 Å². The average molecular weight is 416 g/mol. The number of allylic oxidation sites excluding steroid dienone is 1. The number of rotatable bonds is 5. The van der Waals surface area contributed by atoms with Crippen LogP contribution in [0.3, 0.4) is 0 Å². The molecule has 2 rings (SSSR count). The molecule has 160 valence electrons. The lowest BCUT2D eigenvalue weighted by atomic mass is 9.80. The van der Waals surface area contributed by atoms with Crippen molar-refractivity contribution in [1.82, 2.24) is 20.1 Å². The molecule has 8 nitrogen and oxygen atoms in total. The lowest BCUT2D eigenvalue weighted by Crippen LogP contribution is -2.46. The first-order valence-corrected chi connectivity index (χ1v) is 9.03. The second-order valence-corrected chi connectivity index (χ2v) is 7.06. The molecule has 0 spiro atoms. The number of alkyl halides is 3. The van der Waals surface area contributed by atoms with E-state index in [1.54, 1.807) is 32.2 Å². The molecular formula is C18H23F3N4O4. The Kier molecular flexibility index (Phi) is 6.51. The van der Waals surface area contributed by atoms with E-state index in [9.17, 15) is 27.9 Å². The van der Waals surface area contributed by atoms with E-state index in [1.807, 2.05) is 0 Å². The number of nitrogens with one attached hydrogen (secondary N) is 1. The molecule has 1 aromatic rings. The van der Waals surface area contributed by atoms with Crippen LogP contribution in [0.25, 0.3) is 0 Å². The molecule has 1 aromatic heterocycles. The summed E-state index contributed by atoms with van der Waals surface area (Å²) in [5, 5.41) is 20.4. The molecule has 0 aliphatic heterocycles. The van der Waals surface area contributed by atoms with E-state index in [0.717, 1.165) is 13.3 Å². The van der Waals surface area contributed by atoms with Crippen molar-refractivity contribution in [3.63, 3.8) is 0 Å². The van der Waals surface area contributed by atoms with Crippen molar-refractivity contribution in [2.45, 2.75) is 51.9 Å². The third-order valence-corrected chi connectivity index (χ3v) is 4.51. The number of aliphatic hydroxyl groups is 1. The van der Waals surface area contributed by atoms with Crippen molar-refractivity contribution < 1.29 is 32.6 Å². The van der Waals surface area contributed by atoms with Gasteiger partial charge in [0, 0.05) is 5.92 Å². The maximum absolute atomic E-state index is 12.8. The van der Waals surface area contributed by atoms with Gasteiger partial charge in [-0.05, 0) is 25.5 Å². The Labute approximate surface area is 165 Å². The highest BCUT2D eigenvalue weighted by atomic mass is 19.4. The Morgan fingerprint density at radius 3 is 2.59 bits per heavy atom. The molecule has 11 heteroatoms. The van der Waals surface area contributed by atoms with Gasteiger partial charge in [-0.25, -0.2) is 9.36 Å². The standard InChI is InChI=1S/C18H23F3N4O4/c1-5-12-6-7-13(29-14(26)10(2)3)8-17(12,28)15-24-22-9-25(15)16(27)23-11(4)18(19,20)21/h6-12,28H,5H2,1-4H3,(H,23,27). The zero-order valence-corrected chi connectivity index (χ0v) is 16.4. The predicted octanol–water partition coefficient (Wildman–Crippen LogP) is 2.65. The van der Waals surface area contributed by atoms with Crippen LogP contribution in [-0.4, -0.2) is 44.1 Å². The van der Waals surface area contributed by atoms with Crippen LogP contribution in [0.15, 0.2) is 30.3 Å². The topological polar surface area (TPSA) is 106 Å². The minimum absolute atomic E-state index is 0.0366. The fourth-order valence-corrected chi connectivity index (χ4v) is 2.70. The molecule has 0 radical (unpaired) electrons. The smallest absolute Gasteiger partial charge is 0.408 e. The summed E-state index contributed by atoms with van der Waals surface area (Å²) in [6, 6.07) is -3.27. The van der Waals surface area contributed by atoms with Gasteiger partial charge in [0.25, 0.3) is 0 Å². The largest absolute Gasteiger partial charge is 0.427 e. The Morgan fingerprint density at radius 1 is 1.38 bits per heavy atom. The first kappa shape index (κ1) is 22.6. The number of halogens is 3. The Hall–Kier alpha value is -2.69. The van der Waals surface area contributed by atoms with Crippen LogP contribution < -0.4 is 5.32 Å². The van der Waals surface area contributed by atoms with Crippen molar-refractivity contribution in [2.75, 3.05) is 0 Å². The van der Waals surface area contributed by atoms with Crippen LogP contribution in [0, 0.1) is 11.8 Å². The molecule has 3 atom stereocenters. The van der Waals surface area contributed by atoms with Crippen LogP contribution in [-0.2, 0) is 15.1 Å². The lowest BCUT2D eigenvalue weighted by molar-refractivity contribution is -0.148. The summed E-state index contributed by atoms with van der Waals surface area (Å²) in [5.74, 6) is -1.79. The molecule has 1 amide bonds. The Balaban J connectivity index is 2.39. The third-order valence-electron chi connectivity index (χ3n) is 4.51. The molecule has 29 heavy (non-hydrogen) atoms. The maximum Gasteiger partial charge on any atom is 0.408 e. The molecule has 3 unspecified atom stereocenters. The molecule has 2 N–H and O–H groups in total. The summed E-state index contributed by atoms with van der Waals surface area (Å²) < 4.78 is 44.2. The number of hydrogen-bond donors (Lipinski definition) is 2. The van der Waals surface area contributed by atoms with Crippen LogP contribution in [0.1, 0.15) is 39.9 Å². The lowest BCUT2D eigenvalue weighted by Gasteiger charge is -2.33. The number of esters is 1. The fraction of sp³-hybridized carbons (Fsp3) is 0.556. The summed E-state index contributed by atoms with van der Waals surface area (Å²) in [7, 11) is 0. The first-order valence-electron chi connectivity index (χ1n) is 9.03. The molecule has 1 aliphatic rings. The van der Waals surface area contributed by atoms with E-state index < -0.39 is 41.7 Å². The third kappa shape index (κ3) is 4.84. The monoisotopic (exact) mass is 416 g/mol. The van der Waals surface area contributed by atoms with Gasteiger partial charge >= 0.3 is 18.2 Å². The summed E-state index contributed by atoms with van der Waals surface area (Å²) in [4.78, 5) is 24.2. The molecule has 0 saturated heterocycles. The minimum Gasteiger partial charge on any atom is -0.427 e. The van der Waals surface area contributed by atoms with E-state index in [0.29, 0.717) is 11.0 Å². The highest BCUT2D eigenvalue weighted by molar-refractivity contribution is 5.77. The van der Waals surface area contributed by atoms with Crippen molar-refractivity contribution >= 4 is 12.0 Å². The van der Waals surface area contributed by atoms with Crippen molar-refractivity contribution in [2.24, 2.45) is 11.8 Å². The van der Waals surface area contributed by atoms with E-state index in [-0.39, 0.29) is 11.6 Å². The van der Waals surface area contributed by atoms with Gasteiger partial charge in [0.1, 0.15) is 18.1 Å². The first-order chi connectivity index (χ1) is 13.4. The molecule has 0 fully saturated rings. The number of amides is 1. The van der Waals surface area contributed by atoms with Crippen molar-refractivity contribution in [3.05, 3.63) is 36.1 Å². The zero-order valence-electron chi connectivity index (χ0n) is 16.4. The van der Waals surface area contributed by atoms with Crippen LogP contribution in [0.4, 0.5) is 18.0 Å². The molecule has 1 aliphatic carbocycles. The number of hydrogen-bond acceptors (Lipinski definition) is 6. The van der Waals surface area contributed by atoms with Gasteiger partial charge in [0.05, 0.1) is 5.92 Å². The van der Waals surface area contributed by atoms with Crippen molar-refractivity contribution in [1.29, 1.82) is 0 Å². The molecule has 0 saturated carbocycles. The van der Waals surface area contributed by atoms with Gasteiger partial charge in [-0.15, -0.1) is 10.2 Å². The van der Waals surface area contributed by atoms with E-state index in [4.69, 9.17) is 4.74 Å². The van der Waals surface area contributed by atoms with Crippen LogP contribution >= 0.6 is 0 Å². The van der Waals surface area contributed by atoms with Gasteiger partial charge in [0.15, 0.2) is 11.4 Å². The van der Waals surface area contributed by atoms with Gasteiger partial charge in [0.2, 0.25) is 0 Å². The summed E-state index contributed by atoms with van der Waals surface area (Å²) in [6.07, 6.45) is 0.973. The predicted molar refractivity (Wildman–Crippen MR) is 95.3 cm³/mol. The van der Waals surface area contributed by atoms with Crippen LogP contribution in [0.2, 0.25) is 0 Å². The molecule has 0 aromatic carbocycles. The minimum atomic E-state index is -4.64. The second-order valence-electron chi connectivity index (χ2n) is 7.06. The van der Waals surface area contributed by atoms with Gasteiger partial charge in [-0.2, -0.15) is 13.2 Å². The summed E-state index contributed by atoms with van der Waals surface area (Å²) in [5.41, 5.74) is -1.93. The normalized spacial score (nSPS) is 22.9. The molecule has 1 heterocycles. The highest BCUT2D eigenvalue weighted by Gasteiger charge is 2.43. The number of carbonyl (C=O) groups excluding carboxylic acids is 2. The average Bonchev–Trinajstić information content (AvgIpc) is 3.11. The molecule has 0 bridgehead atoms. The highest BCUT2D eigenvalue weighted by Crippen LogP contribution is 2.38. The number of nitrogens with zero attached hydrogens (tertiary/aromatic N) is 3. The summed E-state index contributed by atoms with van der Waals surface area (Å²) >= 11 is 0. The maximum atomic E-state index is 12.8. The van der Waals surface area contributed by atoms with Gasteiger partial charge < -0.3 is 15.2 Å². The number of ether oxygens (including phenoxy) is 1. The Morgan fingerprint density at radius 2 is 2.03 bits per heavy atom. The molecular weight excluding hydrogens is 393 g/mol. The van der Waals surface area contributed by atoms with E-state index in [2.05, 4.69) is 10.2 Å². The SMILES string of the molecule is CCC1C=CC(OC(=O)C(C)C)=CC1(O)c1nncn1C(=O)NC(C)C(F)(F)F. The Bertz CT molecular complexity index is 831. The number of carbonyl (C=O) groups is 2. The van der Waals surface area contributed by atoms with Gasteiger partial charge in [-0.1, -0.05) is 26.8 Å². The van der Waals surface area contributed by atoms with Crippen molar-refractivity contribution in [3.8, 4) is 0 Å². The van der Waals surface area contributed by atoms with E-state index in [1.165, 1.54) is 12.2 Å². The quantitative estimate of drug-likeness (QED) is 0.715. The second kappa shape index (κ2) is 8.36.